The van der Waals surface area contributed by atoms with E-state index in [9.17, 15) is 28.8 Å². The van der Waals surface area contributed by atoms with Gasteiger partial charge in [0, 0.05) is 6.92 Å². The zero-order valence-corrected chi connectivity index (χ0v) is 16.4. The standard InChI is InChI=1S/C16H27N5O7/c1-7(18-11(5)22)13(24)17-6-12(23)19-8(2)14(25)20-9(3)15(26)21-10(4)16(27)28/h7-10H,6H2,1-5H3,(H,17,24)(H,18,22)(H,19,23)(H,20,25)(H,21,26)(H,27,28)/t7-,8-,9+,10-/m0/s1. The van der Waals surface area contributed by atoms with Crippen LogP contribution in [0.4, 0.5) is 0 Å². The minimum atomic E-state index is -1.22. The van der Waals surface area contributed by atoms with E-state index in [2.05, 4.69) is 26.6 Å². The Morgan fingerprint density at radius 3 is 1.57 bits per heavy atom. The third kappa shape index (κ3) is 9.50. The highest BCUT2D eigenvalue weighted by atomic mass is 16.4. The minimum absolute atomic E-state index is 0.395. The molecule has 0 aliphatic rings. The molecule has 0 saturated carbocycles. The van der Waals surface area contributed by atoms with Crippen molar-refractivity contribution in [1.82, 2.24) is 26.6 Å². The molecule has 4 atom stereocenters. The first-order valence-electron chi connectivity index (χ1n) is 8.52. The first-order chi connectivity index (χ1) is 12.8. The molecule has 0 aliphatic heterocycles. The maximum absolute atomic E-state index is 12.0. The van der Waals surface area contributed by atoms with E-state index in [-0.39, 0.29) is 0 Å². The molecule has 0 aliphatic carbocycles. The van der Waals surface area contributed by atoms with Gasteiger partial charge in [-0.25, -0.2) is 0 Å². The van der Waals surface area contributed by atoms with Crippen LogP contribution in [0.3, 0.4) is 0 Å². The van der Waals surface area contributed by atoms with Gasteiger partial charge in [-0.2, -0.15) is 0 Å². The van der Waals surface area contributed by atoms with E-state index in [0.717, 1.165) is 0 Å². The van der Waals surface area contributed by atoms with E-state index in [4.69, 9.17) is 5.11 Å². The van der Waals surface area contributed by atoms with E-state index >= 15 is 0 Å². The molecule has 12 heteroatoms. The molecule has 0 heterocycles. The van der Waals surface area contributed by atoms with Crippen LogP contribution in [0.5, 0.6) is 0 Å². The predicted molar refractivity (Wildman–Crippen MR) is 96.7 cm³/mol. The second-order valence-electron chi connectivity index (χ2n) is 6.23. The van der Waals surface area contributed by atoms with Crippen molar-refractivity contribution in [2.24, 2.45) is 0 Å². The third-order valence-corrected chi connectivity index (χ3v) is 3.49. The Hall–Kier alpha value is -3.18. The average Bonchev–Trinajstić information content (AvgIpc) is 2.58. The Balaban J connectivity index is 4.40. The number of hydrogen-bond acceptors (Lipinski definition) is 6. The molecule has 0 aromatic carbocycles. The highest BCUT2D eigenvalue weighted by Crippen LogP contribution is 1.90. The summed E-state index contributed by atoms with van der Waals surface area (Å²) in [6, 6.07) is -3.97. The topological polar surface area (TPSA) is 183 Å². The van der Waals surface area contributed by atoms with Crippen LogP contribution in [-0.4, -0.2) is 71.3 Å². The quantitative estimate of drug-likeness (QED) is 0.229. The number of hydrogen-bond donors (Lipinski definition) is 6. The van der Waals surface area contributed by atoms with Crippen LogP contribution >= 0.6 is 0 Å². The zero-order chi connectivity index (χ0) is 22.0. The lowest BCUT2D eigenvalue weighted by Gasteiger charge is -2.19. The monoisotopic (exact) mass is 401 g/mol. The second-order valence-corrected chi connectivity index (χ2v) is 6.23. The van der Waals surface area contributed by atoms with Crippen molar-refractivity contribution in [2.75, 3.05) is 6.54 Å². The molecule has 12 nitrogen and oxygen atoms in total. The fraction of sp³-hybridized carbons (Fsp3) is 0.625. The van der Waals surface area contributed by atoms with Gasteiger partial charge in [0.1, 0.15) is 24.2 Å². The summed E-state index contributed by atoms with van der Waals surface area (Å²) in [5, 5.41) is 20.3. The molecule has 158 valence electrons. The SMILES string of the molecule is CC(=O)N[C@@H](C)C(=O)NCC(=O)N[C@@H](C)C(=O)N[C@H](C)C(=O)N[C@@H](C)C(=O)O. The molecule has 0 spiro atoms. The van der Waals surface area contributed by atoms with Crippen molar-refractivity contribution in [1.29, 1.82) is 0 Å². The Morgan fingerprint density at radius 2 is 1.11 bits per heavy atom. The fourth-order valence-electron chi connectivity index (χ4n) is 1.85. The normalized spacial score (nSPS) is 14.5. The fourth-order valence-corrected chi connectivity index (χ4v) is 1.85. The third-order valence-electron chi connectivity index (χ3n) is 3.49. The van der Waals surface area contributed by atoms with Gasteiger partial charge in [0.25, 0.3) is 0 Å². The first kappa shape index (κ1) is 24.8. The lowest BCUT2D eigenvalue weighted by Crippen LogP contribution is -2.54. The van der Waals surface area contributed by atoms with Crippen LogP contribution in [0.25, 0.3) is 0 Å². The summed E-state index contributed by atoms with van der Waals surface area (Å²) in [6.07, 6.45) is 0. The van der Waals surface area contributed by atoms with Gasteiger partial charge in [0.05, 0.1) is 6.54 Å². The number of carboxylic acid groups (broad SMARTS) is 1. The molecule has 28 heavy (non-hydrogen) atoms. The molecular formula is C16H27N5O7. The van der Waals surface area contributed by atoms with Crippen LogP contribution in [0.2, 0.25) is 0 Å². The Labute approximate surface area is 162 Å². The average molecular weight is 401 g/mol. The molecule has 0 fully saturated rings. The summed E-state index contributed by atoms with van der Waals surface area (Å²) in [6.45, 7) is 6.30. The van der Waals surface area contributed by atoms with Crippen LogP contribution in [0.1, 0.15) is 34.6 Å². The van der Waals surface area contributed by atoms with Crippen LogP contribution < -0.4 is 26.6 Å². The lowest BCUT2D eigenvalue weighted by atomic mass is 10.2. The Kier molecular flexibility index (Phi) is 10.2. The first-order valence-corrected chi connectivity index (χ1v) is 8.52. The van der Waals surface area contributed by atoms with Crippen LogP contribution in [-0.2, 0) is 28.8 Å². The van der Waals surface area contributed by atoms with Gasteiger partial charge in [-0.05, 0) is 27.7 Å². The smallest absolute Gasteiger partial charge is 0.325 e. The van der Waals surface area contributed by atoms with Crippen molar-refractivity contribution in [2.45, 2.75) is 58.8 Å². The molecule has 0 saturated heterocycles. The van der Waals surface area contributed by atoms with E-state index < -0.39 is 66.2 Å². The highest BCUT2D eigenvalue weighted by Gasteiger charge is 2.23. The highest BCUT2D eigenvalue weighted by molar-refractivity contribution is 5.94. The number of aliphatic carboxylic acids is 1. The van der Waals surface area contributed by atoms with Gasteiger partial charge in [0.15, 0.2) is 0 Å². The van der Waals surface area contributed by atoms with Gasteiger partial charge in [0.2, 0.25) is 29.5 Å². The largest absolute Gasteiger partial charge is 0.480 e. The zero-order valence-electron chi connectivity index (χ0n) is 16.4. The number of carbonyl (C=O) groups is 6. The molecule has 5 amide bonds. The molecule has 0 radical (unpaired) electrons. The van der Waals surface area contributed by atoms with Crippen LogP contribution in [0.15, 0.2) is 0 Å². The summed E-state index contributed by atoms with van der Waals surface area (Å²) in [7, 11) is 0. The van der Waals surface area contributed by atoms with E-state index in [1.807, 2.05) is 0 Å². The molecular weight excluding hydrogens is 374 g/mol. The summed E-state index contributed by atoms with van der Waals surface area (Å²) >= 11 is 0. The number of carbonyl (C=O) groups excluding carboxylic acids is 5. The van der Waals surface area contributed by atoms with Gasteiger partial charge in [-0.3, -0.25) is 28.8 Å². The number of rotatable bonds is 10. The molecule has 6 N–H and O–H groups in total. The summed E-state index contributed by atoms with van der Waals surface area (Å²) < 4.78 is 0. The van der Waals surface area contributed by atoms with Crippen molar-refractivity contribution < 1.29 is 33.9 Å². The molecule has 0 aromatic rings. The number of carboxylic acids is 1. The van der Waals surface area contributed by atoms with Crippen molar-refractivity contribution in [3.05, 3.63) is 0 Å². The van der Waals surface area contributed by atoms with E-state index in [1.54, 1.807) is 0 Å². The summed E-state index contributed by atoms with van der Waals surface area (Å²) in [4.78, 5) is 68.9. The Morgan fingerprint density at radius 1 is 0.679 bits per heavy atom. The van der Waals surface area contributed by atoms with Crippen LogP contribution in [0, 0.1) is 0 Å². The molecule has 0 aromatic heterocycles. The summed E-state index contributed by atoms with van der Waals surface area (Å²) in [5.74, 6) is -4.20. The van der Waals surface area contributed by atoms with Gasteiger partial charge >= 0.3 is 5.97 Å². The second kappa shape index (κ2) is 11.5. The molecule has 0 unspecified atom stereocenters. The predicted octanol–water partition coefficient (Wildman–Crippen LogP) is -2.77. The number of amides is 5. The van der Waals surface area contributed by atoms with Crippen molar-refractivity contribution in [3.63, 3.8) is 0 Å². The van der Waals surface area contributed by atoms with Gasteiger partial charge in [-0.1, -0.05) is 0 Å². The maximum Gasteiger partial charge on any atom is 0.325 e. The lowest BCUT2D eigenvalue weighted by molar-refractivity contribution is -0.141. The molecule has 0 bridgehead atoms. The van der Waals surface area contributed by atoms with Crippen molar-refractivity contribution in [3.8, 4) is 0 Å². The minimum Gasteiger partial charge on any atom is -0.480 e. The molecule has 0 rings (SSSR count). The maximum atomic E-state index is 12.0. The van der Waals surface area contributed by atoms with Gasteiger partial charge in [-0.15, -0.1) is 0 Å². The van der Waals surface area contributed by atoms with Gasteiger partial charge < -0.3 is 31.7 Å². The number of nitrogens with one attached hydrogen (secondary N) is 5. The van der Waals surface area contributed by atoms with E-state index in [1.165, 1.54) is 34.6 Å². The van der Waals surface area contributed by atoms with E-state index in [0.29, 0.717) is 0 Å². The summed E-state index contributed by atoms with van der Waals surface area (Å²) in [5.41, 5.74) is 0. The Bertz CT molecular complexity index is 637. The van der Waals surface area contributed by atoms with Crippen molar-refractivity contribution >= 4 is 35.5 Å².